The fraction of sp³-hybridized carbons (Fsp3) is 0.250. The molecule has 0 bridgehead atoms. The third kappa shape index (κ3) is 1.70. The van der Waals surface area contributed by atoms with Crippen LogP contribution in [-0.4, -0.2) is 21.6 Å². The summed E-state index contributed by atoms with van der Waals surface area (Å²) in [5, 5.41) is 5.06. The third-order valence-electron chi connectivity index (χ3n) is 1.75. The first kappa shape index (κ1) is 8.25. The highest BCUT2D eigenvalue weighted by Crippen LogP contribution is 2.08. The minimum absolute atomic E-state index is 0.777. The van der Waals surface area contributed by atoms with Crippen molar-refractivity contribution in [3.05, 3.63) is 29.0 Å². The van der Waals surface area contributed by atoms with Crippen LogP contribution in [0.4, 0.5) is 5.95 Å². The Labute approximate surface area is 80.3 Å². The number of nitrogens with zero attached hydrogens (tertiary/aromatic N) is 3. The van der Waals surface area contributed by atoms with Crippen molar-refractivity contribution in [2.24, 2.45) is 0 Å². The van der Waals surface area contributed by atoms with E-state index in [0.29, 0.717) is 0 Å². The number of rotatable bonds is 3. The molecule has 2 aromatic heterocycles. The van der Waals surface area contributed by atoms with Crippen molar-refractivity contribution >= 4 is 17.3 Å². The Hall–Kier alpha value is -1.36. The zero-order valence-corrected chi connectivity index (χ0v) is 8.08. The van der Waals surface area contributed by atoms with Crippen molar-refractivity contribution in [1.82, 2.24) is 14.5 Å². The molecule has 1 N–H and O–H groups in total. The molecule has 13 heavy (non-hydrogen) atoms. The number of hydrogen-bond acceptors (Lipinski definition) is 4. The molecule has 0 saturated heterocycles. The lowest BCUT2D eigenvalue weighted by molar-refractivity contribution is 0.786. The molecule has 0 aliphatic carbocycles. The fourth-order valence-corrected chi connectivity index (χ4v) is 1.70. The van der Waals surface area contributed by atoms with E-state index in [1.807, 2.05) is 28.7 Å². The summed E-state index contributed by atoms with van der Waals surface area (Å²) in [7, 11) is 1.86. The predicted molar refractivity (Wildman–Crippen MR) is 53.0 cm³/mol. The van der Waals surface area contributed by atoms with Gasteiger partial charge in [-0.1, -0.05) is 0 Å². The van der Waals surface area contributed by atoms with Crippen molar-refractivity contribution in [3.8, 4) is 0 Å². The highest BCUT2D eigenvalue weighted by atomic mass is 32.1. The Morgan fingerprint density at radius 1 is 1.54 bits per heavy atom. The van der Waals surface area contributed by atoms with Gasteiger partial charge in [-0.05, 0) is 0 Å². The maximum absolute atomic E-state index is 4.21. The van der Waals surface area contributed by atoms with Crippen LogP contribution in [0.1, 0.15) is 5.69 Å². The minimum Gasteiger partial charge on any atom is -0.359 e. The van der Waals surface area contributed by atoms with Gasteiger partial charge in [-0.3, -0.25) is 0 Å². The van der Waals surface area contributed by atoms with E-state index in [4.69, 9.17) is 0 Å². The maximum atomic E-state index is 4.21. The topological polar surface area (TPSA) is 42.7 Å². The number of nitrogens with one attached hydrogen (secondary N) is 1. The van der Waals surface area contributed by atoms with E-state index >= 15 is 0 Å². The summed E-state index contributed by atoms with van der Waals surface area (Å²) in [6.07, 6.45) is 3.71. The van der Waals surface area contributed by atoms with E-state index in [0.717, 1.165) is 18.2 Å². The van der Waals surface area contributed by atoms with Crippen molar-refractivity contribution in [3.63, 3.8) is 0 Å². The summed E-state index contributed by atoms with van der Waals surface area (Å²) in [6, 6.07) is 0. The minimum atomic E-state index is 0.777. The number of aromatic nitrogens is 3. The molecular weight excluding hydrogens is 184 g/mol. The molecule has 0 aromatic carbocycles. The van der Waals surface area contributed by atoms with E-state index in [-0.39, 0.29) is 0 Å². The molecule has 4 nitrogen and oxygen atoms in total. The molecule has 0 spiro atoms. The summed E-state index contributed by atoms with van der Waals surface area (Å²) in [5.41, 5.74) is 2.91. The zero-order chi connectivity index (χ0) is 9.10. The van der Waals surface area contributed by atoms with Crippen LogP contribution >= 0.6 is 11.3 Å². The maximum Gasteiger partial charge on any atom is 0.202 e. The van der Waals surface area contributed by atoms with E-state index in [9.17, 15) is 0 Å². The smallest absolute Gasteiger partial charge is 0.202 e. The molecule has 68 valence electrons. The van der Waals surface area contributed by atoms with Gasteiger partial charge in [0.2, 0.25) is 5.95 Å². The second kappa shape index (κ2) is 3.57. The van der Waals surface area contributed by atoms with Gasteiger partial charge in [0.05, 0.1) is 17.7 Å². The SMILES string of the molecule is CNc1nccn1Cc1cscn1. The third-order valence-corrected chi connectivity index (χ3v) is 2.39. The van der Waals surface area contributed by atoms with Gasteiger partial charge in [-0.15, -0.1) is 11.3 Å². The normalized spacial score (nSPS) is 10.2. The van der Waals surface area contributed by atoms with Gasteiger partial charge in [0.1, 0.15) is 0 Å². The van der Waals surface area contributed by atoms with E-state index in [1.54, 1.807) is 17.5 Å². The molecule has 0 fully saturated rings. The van der Waals surface area contributed by atoms with Crippen LogP contribution in [-0.2, 0) is 6.54 Å². The van der Waals surface area contributed by atoms with Crippen LogP contribution in [0.5, 0.6) is 0 Å². The lowest BCUT2D eigenvalue weighted by atomic mass is 10.5. The van der Waals surface area contributed by atoms with Crippen LogP contribution in [0.25, 0.3) is 0 Å². The average molecular weight is 194 g/mol. The van der Waals surface area contributed by atoms with Gasteiger partial charge in [0, 0.05) is 24.8 Å². The molecule has 0 amide bonds. The molecule has 0 unspecified atom stereocenters. The molecular formula is C8H10N4S. The first-order valence-corrected chi connectivity index (χ1v) is 4.90. The van der Waals surface area contributed by atoms with Crippen LogP contribution in [0.3, 0.4) is 0 Å². The Morgan fingerprint density at radius 2 is 2.46 bits per heavy atom. The average Bonchev–Trinajstić information content (AvgIpc) is 2.76. The molecule has 0 saturated carbocycles. The number of imidazole rings is 1. The monoisotopic (exact) mass is 194 g/mol. The zero-order valence-electron chi connectivity index (χ0n) is 7.27. The van der Waals surface area contributed by atoms with E-state index in [2.05, 4.69) is 15.3 Å². The molecule has 0 aliphatic heterocycles. The van der Waals surface area contributed by atoms with Gasteiger partial charge < -0.3 is 9.88 Å². The Balaban J connectivity index is 2.18. The molecule has 0 radical (unpaired) electrons. The molecule has 2 rings (SSSR count). The lowest BCUT2D eigenvalue weighted by Gasteiger charge is -2.03. The predicted octanol–water partition coefficient (Wildman–Crippen LogP) is 1.43. The fourth-order valence-electron chi connectivity index (χ4n) is 1.16. The summed E-state index contributed by atoms with van der Waals surface area (Å²) in [4.78, 5) is 8.35. The number of thiazole rings is 1. The summed E-state index contributed by atoms with van der Waals surface area (Å²) in [6.45, 7) is 0.777. The second-order valence-corrected chi connectivity index (χ2v) is 3.33. The van der Waals surface area contributed by atoms with Crippen molar-refractivity contribution in [2.45, 2.75) is 6.54 Å². The first-order valence-electron chi connectivity index (χ1n) is 3.96. The Morgan fingerprint density at radius 3 is 3.15 bits per heavy atom. The Bertz CT molecular complexity index is 365. The van der Waals surface area contributed by atoms with Crippen LogP contribution < -0.4 is 5.32 Å². The van der Waals surface area contributed by atoms with Gasteiger partial charge in [0.15, 0.2) is 0 Å². The molecule has 2 aromatic rings. The molecule has 2 heterocycles. The first-order chi connectivity index (χ1) is 6.40. The van der Waals surface area contributed by atoms with Crippen LogP contribution in [0.15, 0.2) is 23.3 Å². The van der Waals surface area contributed by atoms with Crippen molar-refractivity contribution in [2.75, 3.05) is 12.4 Å². The highest BCUT2D eigenvalue weighted by molar-refractivity contribution is 7.07. The number of anilines is 1. The van der Waals surface area contributed by atoms with E-state index < -0.39 is 0 Å². The highest BCUT2D eigenvalue weighted by Gasteiger charge is 2.01. The molecule has 0 atom stereocenters. The van der Waals surface area contributed by atoms with Crippen molar-refractivity contribution in [1.29, 1.82) is 0 Å². The number of hydrogen-bond donors (Lipinski definition) is 1. The van der Waals surface area contributed by atoms with E-state index in [1.165, 1.54) is 0 Å². The lowest BCUT2D eigenvalue weighted by Crippen LogP contribution is -2.04. The molecule has 0 aliphatic rings. The van der Waals surface area contributed by atoms with Gasteiger partial charge in [-0.25, -0.2) is 9.97 Å². The van der Waals surface area contributed by atoms with Crippen LogP contribution in [0, 0.1) is 0 Å². The largest absolute Gasteiger partial charge is 0.359 e. The standard InChI is InChI=1S/C8H10N4S/c1-9-8-10-2-3-12(8)4-7-5-13-6-11-7/h2-3,5-6H,4H2,1H3,(H,9,10). The summed E-state index contributed by atoms with van der Waals surface area (Å²) >= 11 is 1.61. The van der Waals surface area contributed by atoms with Crippen LogP contribution in [0.2, 0.25) is 0 Å². The van der Waals surface area contributed by atoms with Gasteiger partial charge in [0.25, 0.3) is 0 Å². The molecule has 5 heteroatoms. The van der Waals surface area contributed by atoms with Crippen molar-refractivity contribution < 1.29 is 0 Å². The quantitative estimate of drug-likeness (QED) is 0.803. The Kier molecular flexibility index (Phi) is 2.27. The second-order valence-electron chi connectivity index (χ2n) is 2.61. The summed E-state index contributed by atoms with van der Waals surface area (Å²) < 4.78 is 2.02. The van der Waals surface area contributed by atoms with Gasteiger partial charge in [-0.2, -0.15) is 0 Å². The summed E-state index contributed by atoms with van der Waals surface area (Å²) in [5.74, 6) is 0.869. The van der Waals surface area contributed by atoms with Gasteiger partial charge >= 0.3 is 0 Å².